The van der Waals surface area contributed by atoms with Crippen LogP contribution in [0.1, 0.15) is 29.7 Å². The molecular formula is C20H21F6N3O3. The second-order valence-corrected chi connectivity index (χ2v) is 7.47. The number of halogens is 6. The number of aliphatic carboxylic acids is 1. The van der Waals surface area contributed by atoms with Crippen molar-refractivity contribution >= 4 is 5.97 Å². The maximum atomic E-state index is 13.0. The molecule has 0 aliphatic carbocycles. The van der Waals surface area contributed by atoms with Gasteiger partial charge in [-0.15, -0.1) is 0 Å². The molecule has 1 aromatic carbocycles. The summed E-state index contributed by atoms with van der Waals surface area (Å²) in [5, 5.41) is 14.5. The van der Waals surface area contributed by atoms with E-state index in [2.05, 4.69) is 15.1 Å². The highest BCUT2D eigenvalue weighted by molar-refractivity contribution is 5.73. The first kappa shape index (κ1) is 24.1. The topological polar surface area (TPSA) is 78.5 Å². The number of aromatic nitrogens is 2. The molecule has 2 aliphatic heterocycles. The molecule has 12 heteroatoms. The molecule has 1 aromatic heterocycles. The molecule has 0 amide bonds. The van der Waals surface area contributed by atoms with E-state index in [0.717, 1.165) is 62.9 Å². The average Bonchev–Trinajstić information content (AvgIpc) is 3.17. The fraction of sp³-hybridized carbons (Fsp3) is 0.500. The van der Waals surface area contributed by atoms with E-state index in [4.69, 9.17) is 14.6 Å². The van der Waals surface area contributed by atoms with Crippen molar-refractivity contribution in [2.75, 3.05) is 19.8 Å². The minimum atomic E-state index is -5.08. The van der Waals surface area contributed by atoms with Gasteiger partial charge in [-0.2, -0.15) is 31.4 Å². The number of H-pyrrole nitrogens is 1. The lowest BCUT2D eigenvalue weighted by molar-refractivity contribution is -0.192. The summed E-state index contributed by atoms with van der Waals surface area (Å²) in [6, 6.07) is 5.89. The predicted octanol–water partition coefficient (Wildman–Crippen LogP) is 4.27. The van der Waals surface area contributed by atoms with Gasteiger partial charge in [0, 0.05) is 55.6 Å². The van der Waals surface area contributed by atoms with Crippen LogP contribution < -0.4 is 0 Å². The fourth-order valence-corrected chi connectivity index (χ4v) is 3.76. The molecule has 0 atom stereocenters. The first-order valence-corrected chi connectivity index (χ1v) is 9.82. The molecule has 0 radical (unpaired) electrons. The van der Waals surface area contributed by atoms with Gasteiger partial charge >= 0.3 is 18.3 Å². The highest BCUT2D eigenvalue weighted by Gasteiger charge is 2.38. The number of carboxylic acids is 1. The molecule has 2 aliphatic rings. The van der Waals surface area contributed by atoms with Crippen LogP contribution in [0.25, 0.3) is 11.3 Å². The standard InChI is InChI=1S/C18H20F3N3O.C2HF3O2/c19-18(20,21)13-3-1-2-12(10-13)17-15-11-24(7-4-16(15)22-23-17)14-5-8-25-9-6-14;3-2(4,5)1(6)7/h1-3,10,14H,4-9,11H2,(H,22,23);(H,6,7). The number of benzene rings is 1. The lowest BCUT2D eigenvalue weighted by Crippen LogP contribution is -2.42. The molecule has 1 fully saturated rings. The largest absolute Gasteiger partial charge is 0.490 e. The number of aromatic amines is 1. The number of nitrogens with zero attached hydrogens (tertiary/aromatic N) is 2. The van der Waals surface area contributed by atoms with Crippen LogP contribution in [-0.4, -0.2) is 58.1 Å². The molecule has 0 bridgehead atoms. The third kappa shape index (κ3) is 5.80. The summed E-state index contributed by atoms with van der Waals surface area (Å²) in [5.41, 5.74) is 2.57. The number of hydrogen-bond acceptors (Lipinski definition) is 4. The second kappa shape index (κ2) is 9.49. The summed E-state index contributed by atoms with van der Waals surface area (Å²) in [7, 11) is 0. The SMILES string of the molecule is FC(F)(F)c1cccc(-c2n[nH]c3c2CN(C2CCOCC2)CC3)c1.O=C(O)C(F)(F)F. The van der Waals surface area contributed by atoms with Crippen LogP contribution in [-0.2, 0) is 28.7 Å². The number of alkyl halides is 6. The molecule has 0 saturated carbocycles. The number of rotatable bonds is 2. The highest BCUT2D eigenvalue weighted by Crippen LogP contribution is 2.35. The summed E-state index contributed by atoms with van der Waals surface area (Å²) in [5.74, 6) is -2.76. The van der Waals surface area contributed by atoms with E-state index in [-0.39, 0.29) is 0 Å². The number of carboxylic acid groups (broad SMARTS) is 1. The van der Waals surface area contributed by atoms with Gasteiger partial charge in [0.25, 0.3) is 0 Å². The van der Waals surface area contributed by atoms with Gasteiger partial charge < -0.3 is 9.84 Å². The third-order valence-corrected chi connectivity index (χ3v) is 5.38. The van der Waals surface area contributed by atoms with Gasteiger partial charge in [-0.3, -0.25) is 10.00 Å². The van der Waals surface area contributed by atoms with E-state index >= 15 is 0 Å². The Balaban J connectivity index is 0.000000360. The van der Waals surface area contributed by atoms with Crippen LogP contribution in [0, 0.1) is 0 Å². The Morgan fingerprint density at radius 2 is 1.81 bits per heavy atom. The van der Waals surface area contributed by atoms with Gasteiger partial charge in [0.05, 0.1) is 11.3 Å². The summed E-state index contributed by atoms with van der Waals surface area (Å²) >= 11 is 0. The summed E-state index contributed by atoms with van der Waals surface area (Å²) < 4.78 is 76.2. The first-order chi connectivity index (χ1) is 15.0. The zero-order valence-corrected chi connectivity index (χ0v) is 16.8. The summed E-state index contributed by atoms with van der Waals surface area (Å²) in [4.78, 5) is 11.3. The van der Waals surface area contributed by atoms with E-state index < -0.39 is 23.9 Å². The van der Waals surface area contributed by atoms with Gasteiger partial charge in [-0.05, 0) is 25.0 Å². The van der Waals surface area contributed by atoms with Gasteiger partial charge in [0.1, 0.15) is 0 Å². The Bertz CT molecular complexity index is 935. The van der Waals surface area contributed by atoms with Crippen molar-refractivity contribution < 1.29 is 41.0 Å². The number of fused-ring (bicyclic) bond motifs is 1. The van der Waals surface area contributed by atoms with Gasteiger partial charge in [0.15, 0.2) is 0 Å². The van der Waals surface area contributed by atoms with Crippen molar-refractivity contribution in [2.45, 2.75) is 44.2 Å². The van der Waals surface area contributed by atoms with E-state index in [9.17, 15) is 26.3 Å². The van der Waals surface area contributed by atoms with Crippen LogP contribution in [0.2, 0.25) is 0 Å². The molecule has 4 rings (SSSR count). The van der Waals surface area contributed by atoms with E-state index in [1.165, 1.54) is 12.1 Å². The Hall–Kier alpha value is -2.60. The minimum Gasteiger partial charge on any atom is -0.475 e. The van der Waals surface area contributed by atoms with Crippen molar-refractivity contribution in [2.24, 2.45) is 0 Å². The van der Waals surface area contributed by atoms with Gasteiger partial charge in [0.2, 0.25) is 0 Å². The van der Waals surface area contributed by atoms with Crippen molar-refractivity contribution in [1.82, 2.24) is 15.1 Å². The zero-order chi connectivity index (χ0) is 23.5. The maximum absolute atomic E-state index is 13.0. The number of nitrogens with one attached hydrogen (secondary N) is 1. The van der Waals surface area contributed by atoms with Crippen LogP contribution in [0.3, 0.4) is 0 Å². The van der Waals surface area contributed by atoms with E-state index in [0.29, 0.717) is 17.3 Å². The Kier molecular flexibility index (Phi) is 7.13. The highest BCUT2D eigenvalue weighted by atomic mass is 19.4. The molecule has 176 valence electrons. The summed E-state index contributed by atoms with van der Waals surface area (Å²) in [6.45, 7) is 3.23. The van der Waals surface area contributed by atoms with Gasteiger partial charge in [-0.25, -0.2) is 4.79 Å². The molecule has 0 spiro atoms. The first-order valence-electron chi connectivity index (χ1n) is 9.82. The lowest BCUT2D eigenvalue weighted by Gasteiger charge is -2.36. The molecule has 0 unspecified atom stereocenters. The maximum Gasteiger partial charge on any atom is 0.490 e. The molecule has 32 heavy (non-hydrogen) atoms. The third-order valence-electron chi connectivity index (χ3n) is 5.38. The normalized spacial score (nSPS) is 17.9. The van der Waals surface area contributed by atoms with Gasteiger partial charge in [-0.1, -0.05) is 12.1 Å². The molecule has 6 nitrogen and oxygen atoms in total. The Morgan fingerprint density at radius 1 is 1.16 bits per heavy atom. The predicted molar refractivity (Wildman–Crippen MR) is 101 cm³/mol. The Labute approximate surface area is 179 Å². The number of ether oxygens (including phenoxy) is 1. The molecule has 1 saturated heterocycles. The zero-order valence-electron chi connectivity index (χ0n) is 16.8. The Morgan fingerprint density at radius 3 is 2.41 bits per heavy atom. The van der Waals surface area contributed by atoms with E-state index in [1.54, 1.807) is 6.07 Å². The number of carbonyl (C=O) groups is 1. The molecule has 3 heterocycles. The second-order valence-electron chi connectivity index (χ2n) is 7.47. The van der Waals surface area contributed by atoms with Crippen LogP contribution in [0.5, 0.6) is 0 Å². The van der Waals surface area contributed by atoms with Crippen LogP contribution in [0.4, 0.5) is 26.3 Å². The van der Waals surface area contributed by atoms with E-state index in [1.807, 2.05) is 0 Å². The lowest BCUT2D eigenvalue weighted by atomic mass is 9.97. The molecule has 2 N–H and O–H groups in total. The smallest absolute Gasteiger partial charge is 0.475 e. The van der Waals surface area contributed by atoms with Crippen molar-refractivity contribution in [3.8, 4) is 11.3 Å². The quantitative estimate of drug-likeness (QED) is 0.648. The average molecular weight is 465 g/mol. The number of hydrogen-bond donors (Lipinski definition) is 2. The van der Waals surface area contributed by atoms with Crippen molar-refractivity contribution in [1.29, 1.82) is 0 Å². The monoisotopic (exact) mass is 465 g/mol. The van der Waals surface area contributed by atoms with Crippen molar-refractivity contribution in [3.63, 3.8) is 0 Å². The molecule has 2 aromatic rings. The van der Waals surface area contributed by atoms with Crippen LogP contribution in [0.15, 0.2) is 24.3 Å². The summed E-state index contributed by atoms with van der Waals surface area (Å²) in [6.07, 6.45) is -6.57. The fourth-order valence-electron chi connectivity index (χ4n) is 3.76. The molecular weight excluding hydrogens is 444 g/mol. The van der Waals surface area contributed by atoms with Crippen molar-refractivity contribution in [3.05, 3.63) is 41.1 Å². The van der Waals surface area contributed by atoms with Crippen LogP contribution >= 0.6 is 0 Å². The minimum absolute atomic E-state index is 0.478.